The van der Waals surface area contributed by atoms with Gasteiger partial charge in [-0.3, -0.25) is 0 Å². The van der Waals surface area contributed by atoms with Gasteiger partial charge in [0, 0.05) is 25.7 Å². The lowest BCUT2D eigenvalue weighted by Gasteiger charge is -2.18. The lowest BCUT2D eigenvalue weighted by molar-refractivity contribution is 0.181. The van der Waals surface area contributed by atoms with Crippen molar-refractivity contribution < 1.29 is 9.47 Å². The van der Waals surface area contributed by atoms with Crippen LogP contribution in [0.4, 0.5) is 0 Å². The van der Waals surface area contributed by atoms with E-state index in [1.807, 2.05) is 0 Å². The first-order valence-electron chi connectivity index (χ1n) is 6.22. The van der Waals surface area contributed by atoms with E-state index in [1.165, 1.54) is 11.1 Å². The highest BCUT2D eigenvalue weighted by Crippen LogP contribution is 2.26. The maximum atomic E-state index is 6.25. The number of methoxy groups -OCH3 is 1. The number of benzene rings is 1. The first-order chi connectivity index (χ1) is 8.31. The minimum Gasteiger partial charge on any atom is -0.384 e. The smallest absolute Gasteiger partial charge is 0.0513 e. The Kier molecular flexibility index (Phi) is 4.54. The summed E-state index contributed by atoms with van der Waals surface area (Å²) in [7, 11) is 1.73. The molecule has 0 amide bonds. The van der Waals surface area contributed by atoms with Gasteiger partial charge in [-0.1, -0.05) is 24.3 Å². The van der Waals surface area contributed by atoms with Crippen molar-refractivity contribution in [3.05, 3.63) is 35.4 Å². The second kappa shape index (κ2) is 6.15. The van der Waals surface area contributed by atoms with Crippen LogP contribution in [0.2, 0.25) is 0 Å². The summed E-state index contributed by atoms with van der Waals surface area (Å²) in [6.45, 7) is 2.42. The lowest BCUT2D eigenvalue weighted by atomic mass is 9.92. The van der Waals surface area contributed by atoms with Crippen LogP contribution in [0.3, 0.4) is 0 Å². The molecule has 1 saturated heterocycles. The fraction of sp³-hybridized carbons (Fsp3) is 0.571. The summed E-state index contributed by atoms with van der Waals surface area (Å²) >= 11 is 0. The Labute approximate surface area is 103 Å². The van der Waals surface area contributed by atoms with Gasteiger partial charge in [-0.05, 0) is 24.0 Å². The number of ether oxygens (including phenoxy) is 2. The zero-order valence-corrected chi connectivity index (χ0v) is 10.4. The normalized spacial score (nSPS) is 21.6. The zero-order valence-electron chi connectivity index (χ0n) is 10.4. The SMILES string of the molecule is COCCc1ccc(C(N)C2CCOC2)cc1. The van der Waals surface area contributed by atoms with Crippen LogP contribution in [-0.2, 0) is 15.9 Å². The van der Waals surface area contributed by atoms with Gasteiger partial charge < -0.3 is 15.2 Å². The van der Waals surface area contributed by atoms with Gasteiger partial charge >= 0.3 is 0 Å². The van der Waals surface area contributed by atoms with E-state index in [4.69, 9.17) is 15.2 Å². The number of rotatable bonds is 5. The molecule has 2 atom stereocenters. The molecule has 1 heterocycles. The summed E-state index contributed by atoms with van der Waals surface area (Å²) in [5.41, 5.74) is 8.75. The molecule has 0 saturated carbocycles. The largest absolute Gasteiger partial charge is 0.384 e. The second-order valence-electron chi connectivity index (χ2n) is 4.63. The third kappa shape index (κ3) is 3.28. The number of hydrogen-bond acceptors (Lipinski definition) is 3. The molecule has 3 nitrogen and oxygen atoms in total. The van der Waals surface area contributed by atoms with Crippen molar-refractivity contribution in [3.8, 4) is 0 Å². The van der Waals surface area contributed by atoms with Gasteiger partial charge in [0.05, 0.1) is 13.2 Å². The second-order valence-corrected chi connectivity index (χ2v) is 4.63. The van der Waals surface area contributed by atoms with Crippen LogP contribution in [0.1, 0.15) is 23.6 Å². The van der Waals surface area contributed by atoms with Crippen molar-refractivity contribution in [1.82, 2.24) is 0 Å². The van der Waals surface area contributed by atoms with Crippen LogP contribution in [0.15, 0.2) is 24.3 Å². The Balaban J connectivity index is 1.96. The minimum absolute atomic E-state index is 0.106. The fourth-order valence-electron chi connectivity index (χ4n) is 2.23. The Hall–Kier alpha value is -0.900. The van der Waals surface area contributed by atoms with Crippen LogP contribution >= 0.6 is 0 Å². The molecule has 2 unspecified atom stereocenters. The molecule has 0 bridgehead atoms. The van der Waals surface area contributed by atoms with Gasteiger partial charge in [0.1, 0.15) is 0 Å². The average molecular weight is 235 g/mol. The van der Waals surface area contributed by atoms with E-state index in [2.05, 4.69) is 24.3 Å². The summed E-state index contributed by atoms with van der Waals surface area (Å²) in [5, 5.41) is 0. The molecule has 94 valence electrons. The first-order valence-corrected chi connectivity index (χ1v) is 6.22. The summed E-state index contributed by atoms with van der Waals surface area (Å²) in [5.74, 6) is 0.472. The van der Waals surface area contributed by atoms with Crippen molar-refractivity contribution in [1.29, 1.82) is 0 Å². The van der Waals surface area contributed by atoms with Crippen molar-refractivity contribution in [2.45, 2.75) is 18.9 Å². The van der Waals surface area contributed by atoms with E-state index in [9.17, 15) is 0 Å². The minimum atomic E-state index is 0.106. The number of nitrogens with two attached hydrogens (primary N) is 1. The molecule has 1 aliphatic heterocycles. The molecular weight excluding hydrogens is 214 g/mol. The lowest BCUT2D eigenvalue weighted by Crippen LogP contribution is -2.21. The van der Waals surface area contributed by atoms with E-state index < -0.39 is 0 Å². The fourth-order valence-corrected chi connectivity index (χ4v) is 2.23. The van der Waals surface area contributed by atoms with Gasteiger partial charge in [0.25, 0.3) is 0 Å². The summed E-state index contributed by atoms with van der Waals surface area (Å²) in [6.07, 6.45) is 2.03. The molecular formula is C14H21NO2. The molecule has 0 spiro atoms. The Morgan fingerprint density at radius 3 is 2.76 bits per heavy atom. The van der Waals surface area contributed by atoms with E-state index >= 15 is 0 Å². The van der Waals surface area contributed by atoms with Crippen LogP contribution in [0.5, 0.6) is 0 Å². The Morgan fingerprint density at radius 2 is 2.18 bits per heavy atom. The van der Waals surface area contributed by atoms with Crippen molar-refractivity contribution >= 4 is 0 Å². The molecule has 0 radical (unpaired) electrons. The third-order valence-corrected chi connectivity index (χ3v) is 3.43. The molecule has 3 heteroatoms. The third-order valence-electron chi connectivity index (χ3n) is 3.43. The van der Waals surface area contributed by atoms with E-state index in [1.54, 1.807) is 7.11 Å². The standard InChI is InChI=1S/C14H21NO2/c1-16-8-6-11-2-4-12(5-3-11)14(15)13-7-9-17-10-13/h2-5,13-14H,6-10,15H2,1H3. The maximum absolute atomic E-state index is 6.25. The summed E-state index contributed by atoms with van der Waals surface area (Å²) in [6, 6.07) is 8.66. The van der Waals surface area contributed by atoms with E-state index in [0.29, 0.717) is 5.92 Å². The molecule has 17 heavy (non-hydrogen) atoms. The van der Waals surface area contributed by atoms with Crippen LogP contribution < -0.4 is 5.73 Å². The molecule has 1 aliphatic rings. The van der Waals surface area contributed by atoms with Crippen LogP contribution in [-0.4, -0.2) is 26.9 Å². The highest BCUT2D eigenvalue weighted by atomic mass is 16.5. The van der Waals surface area contributed by atoms with Gasteiger partial charge in [-0.25, -0.2) is 0 Å². The Morgan fingerprint density at radius 1 is 1.41 bits per heavy atom. The van der Waals surface area contributed by atoms with Crippen LogP contribution in [0, 0.1) is 5.92 Å². The molecule has 2 rings (SSSR count). The zero-order chi connectivity index (χ0) is 12.1. The predicted octanol–water partition coefficient (Wildman–Crippen LogP) is 1.91. The average Bonchev–Trinajstić information content (AvgIpc) is 2.90. The molecule has 1 fully saturated rings. The van der Waals surface area contributed by atoms with Crippen molar-refractivity contribution in [3.63, 3.8) is 0 Å². The highest BCUT2D eigenvalue weighted by molar-refractivity contribution is 5.25. The van der Waals surface area contributed by atoms with Crippen LogP contribution in [0.25, 0.3) is 0 Å². The monoisotopic (exact) mass is 235 g/mol. The molecule has 1 aromatic carbocycles. The predicted molar refractivity (Wildman–Crippen MR) is 67.9 cm³/mol. The highest BCUT2D eigenvalue weighted by Gasteiger charge is 2.23. The van der Waals surface area contributed by atoms with Crippen molar-refractivity contribution in [2.75, 3.05) is 26.9 Å². The topological polar surface area (TPSA) is 44.5 Å². The summed E-state index contributed by atoms with van der Waals surface area (Å²) in [4.78, 5) is 0. The first kappa shape index (κ1) is 12.6. The number of hydrogen-bond donors (Lipinski definition) is 1. The van der Waals surface area contributed by atoms with Gasteiger partial charge in [-0.15, -0.1) is 0 Å². The molecule has 2 N–H and O–H groups in total. The summed E-state index contributed by atoms with van der Waals surface area (Å²) < 4.78 is 10.4. The molecule has 1 aromatic rings. The van der Waals surface area contributed by atoms with E-state index in [0.717, 1.165) is 32.7 Å². The van der Waals surface area contributed by atoms with Crippen molar-refractivity contribution in [2.24, 2.45) is 11.7 Å². The van der Waals surface area contributed by atoms with Gasteiger partial charge in [-0.2, -0.15) is 0 Å². The maximum Gasteiger partial charge on any atom is 0.0513 e. The molecule has 0 aliphatic carbocycles. The van der Waals surface area contributed by atoms with Gasteiger partial charge in [0.2, 0.25) is 0 Å². The molecule has 0 aromatic heterocycles. The quantitative estimate of drug-likeness (QED) is 0.848. The Bertz CT molecular complexity index is 331. The van der Waals surface area contributed by atoms with Gasteiger partial charge in [0.15, 0.2) is 0 Å². The van der Waals surface area contributed by atoms with E-state index in [-0.39, 0.29) is 6.04 Å².